The number of aromatic nitrogens is 3. The second-order valence-electron chi connectivity index (χ2n) is 4.01. The monoisotopic (exact) mass is 274 g/mol. The third-order valence-corrected chi connectivity index (χ3v) is 2.79. The molecule has 0 atom stereocenters. The second kappa shape index (κ2) is 4.78. The van der Waals surface area contributed by atoms with Gasteiger partial charge in [0, 0.05) is 6.20 Å². The summed E-state index contributed by atoms with van der Waals surface area (Å²) in [4.78, 5) is 4.31. The summed E-state index contributed by atoms with van der Waals surface area (Å²) in [5.41, 5.74) is 6.90. The fourth-order valence-corrected chi connectivity index (χ4v) is 1.96. The van der Waals surface area contributed by atoms with E-state index in [2.05, 4.69) is 10.1 Å². The third kappa shape index (κ3) is 2.46. The Morgan fingerprint density at radius 2 is 2.05 bits per heavy atom. The van der Waals surface area contributed by atoms with Crippen molar-refractivity contribution in [2.24, 2.45) is 0 Å². The molecule has 1 aromatic carbocycles. The van der Waals surface area contributed by atoms with Crippen LogP contribution in [0.2, 0.25) is 5.02 Å². The Labute approximate surface area is 114 Å². The third-order valence-electron chi connectivity index (χ3n) is 2.58. The van der Waals surface area contributed by atoms with E-state index in [0.29, 0.717) is 22.2 Å². The zero-order valence-corrected chi connectivity index (χ0v) is 10.7. The number of ether oxygens (including phenoxy) is 1. The molecular weight excluding hydrogens is 264 g/mol. The molecule has 0 amide bonds. The maximum Gasteiger partial charge on any atom is 0.189 e. The van der Waals surface area contributed by atoms with Gasteiger partial charge in [-0.15, -0.1) is 5.10 Å². The lowest BCUT2D eigenvalue weighted by atomic mass is 10.3. The molecule has 0 aliphatic carbocycles. The van der Waals surface area contributed by atoms with Crippen LogP contribution in [0, 0.1) is 0 Å². The number of anilines is 1. The molecule has 3 rings (SSSR count). The standard InChI is InChI=1S/C13H11ClN4O/c14-9-6-11(15)13-16-12(17-18(13)7-9)8-19-10-4-2-1-3-5-10/h1-7H,8,15H2. The molecule has 0 spiro atoms. The van der Waals surface area contributed by atoms with E-state index in [1.54, 1.807) is 16.8 Å². The number of nitrogens with two attached hydrogens (primary N) is 1. The molecule has 96 valence electrons. The quantitative estimate of drug-likeness (QED) is 0.797. The highest BCUT2D eigenvalue weighted by Gasteiger charge is 2.08. The highest BCUT2D eigenvalue weighted by molar-refractivity contribution is 6.30. The van der Waals surface area contributed by atoms with E-state index in [1.165, 1.54) is 0 Å². The lowest BCUT2D eigenvalue weighted by Gasteiger charge is -2.01. The Morgan fingerprint density at radius 1 is 1.26 bits per heavy atom. The first kappa shape index (κ1) is 11.8. The number of nitrogens with zero attached hydrogens (tertiary/aromatic N) is 3. The number of para-hydroxylation sites is 1. The number of pyridine rings is 1. The van der Waals surface area contributed by atoms with Crippen molar-refractivity contribution in [3.63, 3.8) is 0 Å². The van der Waals surface area contributed by atoms with Crippen LogP contribution in [0.15, 0.2) is 42.6 Å². The lowest BCUT2D eigenvalue weighted by Crippen LogP contribution is -1.97. The van der Waals surface area contributed by atoms with Crippen molar-refractivity contribution in [3.05, 3.63) is 53.4 Å². The Morgan fingerprint density at radius 3 is 2.84 bits per heavy atom. The number of hydrogen-bond donors (Lipinski definition) is 1. The number of rotatable bonds is 3. The smallest absolute Gasteiger partial charge is 0.189 e. The van der Waals surface area contributed by atoms with Gasteiger partial charge in [0.05, 0.1) is 10.7 Å². The summed E-state index contributed by atoms with van der Waals surface area (Å²) in [7, 11) is 0. The van der Waals surface area contributed by atoms with Gasteiger partial charge in [0.1, 0.15) is 12.4 Å². The normalized spacial score (nSPS) is 10.8. The van der Waals surface area contributed by atoms with E-state index in [4.69, 9.17) is 22.1 Å². The summed E-state index contributed by atoms with van der Waals surface area (Å²) in [6.45, 7) is 0.281. The van der Waals surface area contributed by atoms with Crippen LogP contribution in [0.4, 0.5) is 5.69 Å². The van der Waals surface area contributed by atoms with Gasteiger partial charge < -0.3 is 10.5 Å². The van der Waals surface area contributed by atoms with Crippen molar-refractivity contribution >= 4 is 22.9 Å². The van der Waals surface area contributed by atoms with Gasteiger partial charge in [-0.05, 0) is 18.2 Å². The number of nitrogen functional groups attached to an aromatic ring is 1. The van der Waals surface area contributed by atoms with Crippen molar-refractivity contribution < 1.29 is 4.74 Å². The Kier molecular flexibility index (Phi) is 2.97. The summed E-state index contributed by atoms with van der Waals surface area (Å²) < 4.78 is 7.14. The minimum atomic E-state index is 0.281. The molecule has 0 saturated heterocycles. The molecule has 19 heavy (non-hydrogen) atoms. The lowest BCUT2D eigenvalue weighted by molar-refractivity contribution is 0.296. The van der Waals surface area contributed by atoms with E-state index in [0.717, 1.165) is 5.75 Å². The van der Waals surface area contributed by atoms with Crippen LogP contribution >= 0.6 is 11.6 Å². The predicted octanol–water partition coefficient (Wildman–Crippen LogP) is 2.54. The zero-order valence-electron chi connectivity index (χ0n) is 9.95. The SMILES string of the molecule is Nc1cc(Cl)cn2nc(COc3ccccc3)nc12. The Hall–Kier alpha value is -2.27. The summed E-state index contributed by atoms with van der Waals surface area (Å²) in [5.74, 6) is 1.32. The minimum absolute atomic E-state index is 0.281. The van der Waals surface area contributed by atoms with Crippen LogP contribution in [-0.4, -0.2) is 14.6 Å². The predicted molar refractivity (Wildman–Crippen MR) is 73.2 cm³/mol. The van der Waals surface area contributed by atoms with Gasteiger partial charge in [0.2, 0.25) is 0 Å². The van der Waals surface area contributed by atoms with Crippen LogP contribution in [0.1, 0.15) is 5.82 Å². The highest BCUT2D eigenvalue weighted by atomic mass is 35.5. The van der Waals surface area contributed by atoms with Crippen molar-refractivity contribution in [1.29, 1.82) is 0 Å². The van der Waals surface area contributed by atoms with Crippen LogP contribution < -0.4 is 10.5 Å². The van der Waals surface area contributed by atoms with Crippen LogP contribution in [0.3, 0.4) is 0 Å². The summed E-state index contributed by atoms with van der Waals surface area (Å²) in [6.07, 6.45) is 1.66. The van der Waals surface area contributed by atoms with E-state index >= 15 is 0 Å². The van der Waals surface area contributed by atoms with Gasteiger partial charge in [-0.1, -0.05) is 29.8 Å². The first-order valence-corrected chi connectivity index (χ1v) is 6.08. The molecule has 3 aromatic rings. The molecule has 2 N–H and O–H groups in total. The molecule has 0 bridgehead atoms. The molecule has 0 aliphatic rings. The Bertz CT molecular complexity index is 711. The summed E-state index contributed by atoms with van der Waals surface area (Å²) in [6, 6.07) is 11.1. The molecule has 0 aliphatic heterocycles. The zero-order chi connectivity index (χ0) is 13.2. The van der Waals surface area contributed by atoms with E-state index in [1.807, 2.05) is 30.3 Å². The number of fused-ring (bicyclic) bond motifs is 1. The Balaban J connectivity index is 1.84. The summed E-state index contributed by atoms with van der Waals surface area (Å²) >= 11 is 5.91. The number of benzene rings is 1. The van der Waals surface area contributed by atoms with Crippen molar-refractivity contribution in [1.82, 2.24) is 14.6 Å². The van der Waals surface area contributed by atoms with Gasteiger partial charge in [0.15, 0.2) is 11.5 Å². The molecular formula is C13H11ClN4O. The fourth-order valence-electron chi connectivity index (χ4n) is 1.75. The fraction of sp³-hybridized carbons (Fsp3) is 0.0769. The van der Waals surface area contributed by atoms with Gasteiger partial charge in [-0.25, -0.2) is 9.50 Å². The molecule has 2 aromatic heterocycles. The average molecular weight is 275 g/mol. The number of halogens is 1. The first-order valence-electron chi connectivity index (χ1n) is 5.70. The summed E-state index contributed by atoms with van der Waals surface area (Å²) in [5, 5.41) is 4.78. The van der Waals surface area contributed by atoms with E-state index in [-0.39, 0.29) is 6.61 Å². The van der Waals surface area contributed by atoms with Gasteiger partial charge in [0.25, 0.3) is 0 Å². The minimum Gasteiger partial charge on any atom is -0.486 e. The molecule has 0 radical (unpaired) electrons. The topological polar surface area (TPSA) is 65.4 Å². The van der Waals surface area contributed by atoms with Gasteiger partial charge in [-0.3, -0.25) is 0 Å². The van der Waals surface area contributed by atoms with E-state index < -0.39 is 0 Å². The molecule has 5 nitrogen and oxygen atoms in total. The maximum atomic E-state index is 5.91. The van der Waals surface area contributed by atoms with Crippen molar-refractivity contribution in [2.75, 3.05) is 5.73 Å². The van der Waals surface area contributed by atoms with Crippen LogP contribution in [-0.2, 0) is 6.61 Å². The van der Waals surface area contributed by atoms with Crippen LogP contribution in [0.25, 0.3) is 5.65 Å². The average Bonchev–Trinajstić information content (AvgIpc) is 2.81. The molecule has 6 heteroatoms. The molecule has 0 fully saturated rings. The highest BCUT2D eigenvalue weighted by Crippen LogP contribution is 2.18. The van der Waals surface area contributed by atoms with Crippen LogP contribution in [0.5, 0.6) is 5.75 Å². The second-order valence-corrected chi connectivity index (χ2v) is 4.45. The van der Waals surface area contributed by atoms with Gasteiger partial charge in [-0.2, -0.15) is 0 Å². The van der Waals surface area contributed by atoms with Gasteiger partial charge >= 0.3 is 0 Å². The van der Waals surface area contributed by atoms with Crippen molar-refractivity contribution in [2.45, 2.75) is 6.61 Å². The maximum absolute atomic E-state index is 5.91. The molecule has 0 unspecified atom stereocenters. The van der Waals surface area contributed by atoms with E-state index in [9.17, 15) is 0 Å². The first-order chi connectivity index (χ1) is 9.22. The molecule has 2 heterocycles. The largest absolute Gasteiger partial charge is 0.486 e. The molecule has 0 saturated carbocycles. The number of hydrogen-bond acceptors (Lipinski definition) is 4. The van der Waals surface area contributed by atoms with Crippen molar-refractivity contribution in [3.8, 4) is 5.75 Å².